The van der Waals surface area contributed by atoms with E-state index in [4.69, 9.17) is 9.97 Å². The van der Waals surface area contributed by atoms with Crippen molar-refractivity contribution in [2.24, 2.45) is 0 Å². The van der Waals surface area contributed by atoms with Crippen LogP contribution in [0.25, 0.3) is 110 Å². The van der Waals surface area contributed by atoms with Crippen molar-refractivity contribution in [3.8, 4) is 34.0 Å². The lowest BCUT2D eigenvalue weighted by Gasteiger charge is -2.13. The largest absolute Gasteiger partial charge is 0.309 e. The number of fused-ring (bicyclic) bond motifs is 11. The molecule has 260 valence electrons. The smallest absolute Gasteiger partial charge is 0.235 e. The maximum Gasteiger partial charge on any atom is 0.235 e. The van der Waals surface area contributed by atoms with Gasteiger partial charge in [-0.05, 0) is 63.7 Å². The van der Waals surface area contributed by atoms with Crippen molar-refractivity contribution < 1.29 is 0 Å². The molecular formula is C52H32N4. The summed E-state index contributed by atoms with van der Waals surface area (Å²) in [6, 6.07) is 69.6. The van der Waals surface area contributed by atoms with Gasteiger partial charge in [0.2, 0.25) is 5.95 Å². The molecule has 0 N–H and O–H groups in total. The van der Waals surface area contributed by atoms with Gasteiger partial charge in [-0.3, -0.25) is 4.57 Å². The van der Waals surface area contributed by atoms with Gasteiger partial charge in [0.25, 0.3) is 0 Å². The highest BCUT2D eigenvalue weighted by molar-refractivity contribution is 6.22. The van der Waals surface area contributed by atoms with Gasteiger partial charge < -0.3 is 4.57 Å². The highest BCUT2D eigenvalue weighted by atomic mass is 15.2. The predicted molar refractivity (Wildman–Crippen MR) is 234 cm³/mol. The van der Waals surface area contributed by atoms with Gasteiger partial charge in [0.05, 0.1) is 33.3 Å². The molecule has 0 radical (unpaired) electrons. The minimum absolute atomic E-state index is 0.658. The number of benzene rings is 9. The van der Waals surface area contributed by atoms with Crippen LogP contribution >= 0.6 is 0 Å². The number of aromatic nitrogens is 4. The van der Waals surface area contributed by atoms with E-state index < -0.39 is 0 Å². The quantitative estimate of drug-likeness (QED) is 0.182. The number of hydrogen-bond donors (Lipinski definition) is 0. The summed E-state index contributed by atoms with van der Waals surface area (Å²) in [7, 11) is 0. The summed E-state index contributed by atoms with van der Waals surface area (Å²) in [5, 5.41) is 10.8. The van der Waals surface area contributed by atoms with Gasteiger partial charge in [-0.2, -0.15) is 0 Å². The van der Waals surface area contributed by atoms with Crippen molar-refractivity contribution >= 4 is 76.1 Å². The number of para-hydroxylation sites is 3. The molecule has 0 atom stereocenters. The molecular weight excluding hydrogens is 681 g/mol. The Labute approximate surface area is 322 Å². The van der Waals surface area contributed by atoms with E-state index in [9.17, 15) is 0 Å². The Kier molecular flexibility index (Phi) is 6.60. The minimum atomic E-state index is 0.658. The summed E-state index contributed by atoms with van der Waals surface area (Å²) < 4.78 is 4.68. The zero-order chi connectivity index (χ0) is 36.7. The van der Waals surface area contributed by atoms with Crippen LogP contribution in [0.2, 0.25) is 0 Å². The van der Waals surface area contributed by atoms with E-state index in [1.165, 1.54) is 65.3 Å². The first kappa shape index (κ1) is 30.9. The Morgan fingerprint density at radius 1 is 0.339 bits per heavy atom. The summed E-state index contributed by atoms with van der Waals surface area (Å²) in [6.45, 7) is 0. The lowest BCUT2D eigenvalue weighted by molar-refractivity contribution is 1.01. The van der Waals surface area contributed by atoms with Gasteiger partial charge in [-0.15, -0.1) is 0 Å². The SMILES string of the molecule is c1ccc(-c2ccc(-c3nc(-n4c5ccccc5c5c6ccc(-n7c8ccccc8c8ccc9ccccc9c87)cc6ccc54)nc4ccccc34)cc2)cc1. The van der Waals surface area contributed by atoms with Crippen LogP contribution in [-0.4, -0.2) is 19.1 Å². The Hall–Kier alpha value is -7.56. The van der Waals surface area contributed by atoms with Crippen LogP contribution in [0, 0.1) is 0 Å². The van der Waals surface area contributed by atoms with Crippen LogP contribution in [0.15, 0.2) is 194 Å². The van der Waals surface area contributed by atoms with Crippen molar-refractivity contribution in [3.05, 3.63) is 194 Å². The lowest BCUT2D eigenvalue weighted by atomic mass is 10.0. The van der Waals surface area contributed by atoms with E-state index in [0.29, 0.717) is 5.95 Å². The molecule has 0 spiro atoms. The van der Waals surface area contributed by atoms with E-state index in [0.717, 1.165) is 38.9 Å². The Morgan fingerprint density at radius 2 is 0.964 bits per heavy atom. The molecule has 12 aromatic rings. The highest BCUT2D eigenvalue weighted by Gasteiger charge is 2.20. The van der Waals surface area contributed by atoms with Crippen molar-refractivity contribution in [1.82, 2.24) is 19.1 Å². The number of hydrogen-bond acceptors (Lipinski definition) is 2. The first-order valence-corrected chi connectivity index (χ1v) is 19.1. The van der Waals surface area contributed by atoms with Crippen LogP contribution in [-0.2, 0) is 0 Å². The molecule has 56 heavy (non-hydrogen) atoms. The zero-order valence-corrected chi connectivity index (χ0v) is 30.3. The second-order valence-corrected chi connectivity index (χ2v) is 14.6. The van der Waals surface area contributed by atoms with Gasteiger partial charge in [0.15, 0.2) is 0 Å². The Balaban J connectivity index is 1.07. The molecule has 3 aromatic heterocycles. The van der Waals surface area contributed by atoms with Gasteiger partial charge in [-0.25, -0.2) is 9.97 Å². The maximum atomic E-state index is 5.38. The van der Waals surface area contributed by atoms with E-state index in [2.05, 4.69) is 203 Å². The molecule has 4 nitrogen and oxygen atoms in total. The van der Waals surface area contributed by atoms with Crippen LogP contribution in [0.4, 0.5) is 0 Å². The van der Waals surface area contributed by atoms with Crippen molar-refractivity contribution in [2.75, 3.05) is 0 Å². The van der Waals surface area contributed by atoms with Gasteiger partial charge >= 0.3 is 0 Å². The van der Waals surface area contributed by atoms with Gasteiger partial charge in [0, 0.05) is 43.6 Å². The molecule has 9 aromatic carbocycles. The molecule has 3 heterocycles. The maximum absolute atomic E-state index is 5.38. The van der Waals surface area contributed by atoms with Crippen LogP contribution in [0.1, 0.15) is 0 Å². The molecule has 0 unspecified atom stereocenters. The second-order valence-electron chi connectivity index (χ2n) is 14.6. The molecule has 0 saturated heterocycles. The van der Waals surface area contributed by atoms with Gasteiger partial charge in [-0.1, -0.05) is 158 Å². The number of nitrogens with zero attached hydrogens (tertiary/aromatic N) is 4. The van der Waals surface area contributed by atoms with Crippen molar-refractivity contribution in [2.45, 2.75) is 0 Å². The summed E-state index contributed by atoms with van der Waals surface area (Å²) >= 11 is 0. The molecule has 0 aliphatic heterocycles. The third-order valence-corrected chi connectivity index (χ3v) is 11.5. The lowest BCUT2D eigenvalue weighted by Crippen LogP contribution is -2.03. The minimum Gasteiger partial charge on any atom is -0.309 e. The average molecular weight is 713 g/mol. The fourth-order valence-corrected chi connectivity index (χ4v) is 8.97. The Morgan fingerprint density at radius 3 is 1.80 bits per heavy atom. The highest BCUT2D eigenvalue weighted by Crippen LogP contribution is 2.41. The molecule has 0 amide bonds. The average Bonchev–Trinajstić information content (AvgIpc) is 3.80. The summed E-state index contributed by atoms with van der Waals surface area (Å²) in [6.07, 6.45) is 0. The normalized spacial score (nSPS) is 11.9. The van der Waals surface area contributed by atoms with E-state index in [1.54, 1.807) is 0 Å². The standard InChI is InChI=1S/C52H32N4/c1-2-12-33(13-3-1)34-22-24-36(25-23-34)50-43-17-6-9-19-45(43)53-52(54-50)56-47-21-11-8-18-44(47)49-39-30-28-38(32-37(39)27-31-48(49)56)55-46-20-10-7-16-41(46)42-29-26-35-14-4-5-15-40(35)51(42)55/h1-32H. The molecule has 0 aliphatic carbocycles. The monoisotopic (exact) mass is 712 g/mol. The summed E-state index contributed by atoms with van der Waals surface area (Å²) in [5.74, 6) is 0.658. The molecule has 0 saturated carbocycles. The third kappa shape index (κ3) is 4.53. The predicted octanol–water partition coefficient (Wildman–Crippen LogP) is 13.5. The van der Waals surface area contributed by atoms with Crippen LogP contribution < -0.4 is 0 Å². The van der Waals surface area contributed by atoms with Crippen LogP contribution in [0.5, 0.6) is 0 Å². The van der Waals surface area contributed by atoms with E-state index in [1.807, 2.05) is 0 Å². The van der Waals surface area contributed by atoms with Crippen molar-refractivity contribution in [3.63, 3.8) is 0 Å². The first-order chi connectivity index (χ1) is 27.8. The van der Waals surface area contributed by atoms with E-state index >= 15 is 0 Å². The van der Waals surface area contributed by atoms with E-state index in [-0.39, 0.29) is 0 Å². The second kappa shape index (κ2) is 12.0. The van der Waals surface area contributed by atoms with Crippen molar-refractivity contribution in [1.29, 1.82) is 0 Å². The first-order valence-electron chi connectivity index (χ1n) is 19.1. The molecule has 0 bridgehead atoms. The summed E-state index contributed by atoms with van der Waals surface area (Å²) in [4.78, 5) is 10.6. The molecule has 4 heteroatoms. The molecule has 0 aliphatic rings. The third-order valence-electron chi connectivity index (χ3n) is 11.5. The fourth-order valence-electron chi connectivity index (χ4n) is 8.97. The van der Waals surface area contributed by atoms with Gasteiger partial charge in [0.1, 0.15) is 0 Å². The summed E-state index contributed by atoms with van der Waals surface area (Å²) in [5.41, 5.74) is 11.0. The molecule has 12 rings (SSSR count). The Bertz CT molecular complexity index is 3520. The zero-order valence-electron chi connectivity index (χ0n) is 30.3. The number of rotatable bonds is 4. The van der Waals surface area contributed by atoms with Crippen LogP contribution in [0.3, 0.4) is 0 Å². The molecule has 0 fully saturated rings. The fraction of sp³-hybridized carbons (Fsp3) is 0. The topological polar surface area (TPSA) is 35.6 Å².